The predicted molar refractivity (Wildman–Crippen MR) is 121 cm³/mol. The van der Waals surface area contributed by atoms with E-state index in [1.165, 1.54) is 6.92 Å². The molecule has 0 spiro atoms. The van der Waals surface area contributed by atoms with Gasteiger partial charge in [0.2, 0.25) is 0 Å². The highest BCUT2D eigenvalue weighted by Gasteiger charge is 2.52. The van der Waals surface area contributed by atoms with Crippen LogP contribution in [0.3, 0.4) is 0 Å². The molecule has 2 aliphatic heterocycles. The van der Waals surface area contributed by atoms with Crippen LogP contribution in [-0.4, -0.2) is 123 Å². The van der Waals surface area contributed by atoms with Crippen molar-refractivity contribution in [3.05, 3.63) is 12.2 Å². The fourth-order valence-electron chi connectivity index (χ4n) is 5.08. The summed E-state index contributed by atoms with van der Waals surface area (Å²) in [5, 5.41) is 62.3. The van der Waals surface area contributed by atoms with Gasteiger partial charge in [0, 0.05) is 12.6 Å². The number of ether oxygens (including phenoxy) is 4. The summed E-state index contributed by atoms with van der Waals surface area (Å²) in [4.78, 5) is 0. The Labute approximate surface area is 204 Å². The van der Waals surface area contributed by atoms with E-state index in [2.05, 4.69) is 6.58 Å². The Morgan fingerprint density at radius 2 is 1.57 bits per heavy atom. The van der Waals surface area contributed by atoms with Crippen LogP contribution >= 0.6 is 0 Å². The standard InChI is InChI=1S/C22H41N3O10/c1-7(2)4-9-5-10(24)19(34-21-12(25)15(29)16(30)18(33-21)8(3)26)20(13(9)27)35-22-17(31)14(28)11(6-23)32-22/h8-22,26-31H,1,4-6,23-25H2,2-3H3/t8-,9-,10?,11-,12?,13?,14+,15-,16+,17?,18?,19-,20-,21-,22+/m1/s1. The third-order valence-electron chi connectivity index (χ3n) is 7.05. The Bertz CT molecular complexity index is 717. The number of aliphatic hydroxyl groups excluding tert-OH is 6. The molecule has 0 radical (unpaired) electrons. The number of allylic oxidation sites excluding steroid dienone is 1. The van der Waals surface area contributed by atoms with Gasteiger partial charge in [-0.1, -0.05) is 5.57 Å². The summed E-state index contributed by atoms with van der Waals surface area (Å²) in [6.45, 7) is 7.04. The third kappa shape index (κ3) is 6.04. The molecule has 0 aromatic heterocycles. The van der Waals surface area contributed by atoms with Gasteiger partial charge < -0.3 is 66.8 Å². The van der Waals surface area contributed by atoms with Crippen molar-refractivity contribution in [2.45, 2.75) is 112 Å². The molecule has 15 atom stereocenters. The van der Waals surface area contributed by atoms with Crippen LogP contribution in [0.4, 0.5) is 0 Å². The number of aliphatic hydroxyl groups is 6. The second-order valence-corrected chi connectivity index (χ2v) is 10.0. The summed E-state index contributed by atoms with van der Waals surface area (Å²) in [6.07, 6.45) is -14.0. The molecule has 0 aromatic rings. The quantitative estimate of drug-likeness (QED) is 0.143. The molecule has 0 bridgehead atoms. The minimum absolute atomic E-state index is 0.0608. The Hall–Kier alpha value is -0.780. The molecule has 0 amide bonds. The first-order valence-corrected chi connectivity index (χ1v) is 11.9. The molecule has 2 heterocycles. The number of rotatable bonds is 8. The molecule has 3 aliphatic rings. The lowest BCUT2D eigenvalue weighted by atomic mass is 9.77. The maximum absolute atomic E-state index is 11.2. The summed E-state index contributed by atoms with van der Waals surface area (Å²) < 4.78 is 23.2. The van der Waals surface area contributed by atoms with Gasteiger partial charge in [-0.2, -0.15) is 0 Å². The average molecular weight is 508 g/mol. The normalized spacial score (nSPS) is 49.7. The first kappa shape index (κ1) is 28.8. The van der Waals surface area contributed by atoms with E-state index in [0.717, 1.165) is 5.57 Å². The van der Waals surface area contributed by atoms with E-state index in [-0.39, 0.29) is 12.5 Å². The molecule has 13 nitrogen and oxygen atoms in total. The lowest BCUT2D eigenvalue weighted by Gasteiger charge is -2.48. The number of hydrogen-bond acceptors (Lipinski definition) is 13. The first-order valence-electron chi connectivity index (χ1n) is 11.9. The van der Waals surface area contributed by atoms with Gasteiger partial charge in [-0.3, -0.25) is 0 Å². The van der Waals surface area contributed by atoms with Crippen LogP contribution in [0.25, 0.3) is 0 Å². The summed E-state index contributed by atoms with van der Waals surface area (Å²) in [5.74, 6) is -0.348. The Kier molecular flexibility index (Phi) is 9.65. The van der Waals surface area contributed by atoms with Gasteiger partial charge in [-0.05, 0) is 32.6 Å². The van der Waals surface area contributed by atoms with E-state index in [0.29, 0.717) is 12.8 Å². The summed E-state index contributed by atoms with van der Waals surface area (Å²) in [5.41, 5.74) is 18.9. The van der Waals surface area contributed by atoms with Gasteiger partial charge in [0.1, 0.15) is 48.8 Å². The van der Waals surface area contributed by atoms with Gasteiger partial charge in [-0.25, -0.2) is 0 Å². The van der Waals surface area contributed by atoms with E-state index in [1.54, 1.807) is 0 Å². The maximum Gasteiger partial charge on any atom is 0.187 e. The van der Waals surface area contributed by atoms with Gasteiger partial charge in [0.25, 0.3) is 0 Å². The van der Waals surface area contributed by atoms with Gasteiger partial charge in [0.15, 0.2) is 12.6 Å². The van der Waals surface area contributed by atoms with Crippen molar-refractivity contribution >= 4 is 0 Å². The van der Waals surface area contributed by atoms with Crippen LogP contribution in [0, 0.1) is 5.92 Å². The molecule has 35 heavy (non-hydrogen) atoms. The van der Waals surface area contributed by atoms with E-state index in [4.69, 9.17) is 36.1 Å². The summed E-state index contributed by atoms with van der Waals surface area (Å²) in [6, 6.07) is -1.90. The molecular weight excluding hydrogens is 466 g/mol. The van der Waals surface area contributed by atoms with Crippen LogP contribution in [0.2, 0.25) is 0 Å². The lowest BCUT2D eigenvalue weighted by molar-refractivity contribution is -0.317. The Balaban J connectivity index is 1.84. The number of nitrogens with two attached hydrogens (primary N) is 3. The van der Waals surface area contributed by atoms with Crippen molar-refractivity contribution in [2.24, 2.45) is 23.1 Å². The van der Waals surface area contributed by atoms with Crippen molar-refractivity contribution < 1.29 is 49.6 Å². The lowest BCUT2D eigenvalue weighted by Crippen LogP contribution is -2.67. The molecule has 204 valence electrons. The van der Waals surface area contributed by atoms with Crippen molar-refractivity contribution in [2.75, 3.05) is 6.54 Å². The zero-order valence-electron chi connectivity index (χ0n) is 20.0. The minimum atomic E-state index is -1.46. The second-order valence-electron chi connectivity index (χ2n) is 10.0. The SMILES string of the molecule is C=C(C)C[C@@H]1CC(N)[C@@H](O[C@H]2OC([C@@H](C)O)[C@@H](O)[C@H](O)C2N)[C@H](O[C@@H]2O[C@H](CN)[C@H](O)C2O)C1O. The van der Waals surface area contributed by atoms with E-state index in [1.807, 2.05) is 6.92 Å². The highest BCUT2D eigenvalue weighted by Crippen LogP contribution is 2.36. The van der Waals surface area contributed by atoms with Crippen molar-refractivity contribution in [1.82, 2.24) is 0 Å². The summed E-state index contributed by atoms with van der Waals surface area (Å²) in [7, 11) is 0. The molecule has 0 aromatic carbocycles. The second kappa shape index (κ2) is 11.7. The van der Waals surface area contributed by atoms with Gasteiger partial charge in [0.05, 0.1) is 18.2 Å². The molecule has 5 unspecified atom stereocenters. The van der Waals surface area contributed by atoms with Crippen LogP contribution in [0.5, 0.6) is 0 Å². The molecule has 3 rings (SSSR count). The molecule has 1 aliphatic carbocycles. The highest BCUT2D eigenvalue weighted by molar-refractivity contribution is 5.03. The smallest absolute Gasteiger partial charge is 0.187 e. The molecule has 13 heteroatoms. The molecule has 3 fully saturated rings. The zero-order chi connectivity index (χ0) is 26.2. The monoisotopic (exact) mass is 507 g/mol. The largest absolute Gasteiger partial charge is 0.391 e. The molecule has 1 saturated carbocycles. The van der Waals surface area contributed by atoms with Crippen LogP contribution in [-0.2, 0) is 18.9 Å². The van der Waals surface area contributed by atoms with E-state index >= 15 is 0 Å². The minimum Gasteiger partial charge on any atom is -0.391 e. The molecule has 12 N–H and O–H groups in total. The van der Waals surface area contributed by atoms with Crippen molar-refractivity contribution in [3.63, 3.8) is 0 Å². The Morgan fingerprint density at radius 1 is 0.943 bits per heavy atom. The topological polar surface area (TPSA) is 236 Å². The van der Waals surface area contributed by atoms with E-state index < -0.39 is 85.7 Å². The van der Waals surface area contributed by atoms with Crippen molar-refractivity contribution in [3.8, 4) is 0 Å². The first-order chi connectivity index (χ1) is 16.4. The van der Waals surface area contributed by atoms with Gasteiger partial charge >= 0.3 is 0 Å². The van der Waals surface area contributed by atoms with Crippen molar-refractivity contribution in [1.29, 1.82) is 0 Å². The van der Waals surface area contributed by atoms with Crippen LogP contribution in [0.1, 0.15) is 26.7 Å². The molecular formula is C22H41N3O10. The fourth-order valence-corrected chi connectivity index (χ4v) is 5.08. The zero-order valence-corrected chi connectivity index (χ0v) is 20.0. The van der Waals surface area contributed by atoms with Crippen LogP contribution in [0.15, 0.2) is 12.2 Å². The van der Waals surface area contributed by atoms with E-state index in [9.17, 15) is 30.6 Å². The van der Waals surface area contributed by atoms with Gasteiger partial charge in [-0.15, -0.1) is 6.58 Å². The highest BCUT2D eigenvalue weighted by atomic mass is 16.7. The summed E-state index contributed by atoms with van der Waals surface area (Å²) >= 11 is 0. The maximum atomic E-state index is 11.2. The number of hydrogen-bond donors (Lipinski definition) is 9. The third-order valence-corrected chi connectivity index (χ3v) is 7.05. The Morgan fingerprint density at radius 3 is 2.11 bits per heavy atom. The average Bonchev–Trinajstić information content (AvgIpc) is 3.06. The molecule has 2 saturated heterocycles. The fraction of sp³-hybridized carbons (Fsp3) is 0.909. The predicted octanol–water partition coefficient (Wildman–Crippen LogP) is -4.01. The van der Waals surface area contributed by atoms with Crippen LogP contribution < -0.4 is 17.2 Å².